The second-order valence-electron chi connectivity index (χ2n) is 6.78. The van der Waals surface area contributed by atoms with Crippen LogP contribution in [0.3, 0.4) is 0 Å². The topological polar surface area (TPSA) is 60.9 Å². The fraction of sp³-hybridized carbons (Fsp3) is 0.500. The molecule has 3 amide bonds. The number of carbonyl (C=O) groups excluding carboxylic acids is 3. The van der Waals surface area contributed by atoms with Gasteiger partial charge in [0.15, 0.2) is 0 Å². The van der Waals surface area contributed by atoms with Crippen molar-refractivity contribution in [2.45, 2.75) is 25.3 Å². The van der Waals surface area contributed by atoms with Crippen LogP contribution in [-0.4, -0.2) is 60.7 Å². The molecule has 0 N–H and O–H groups in total. The Morgan fingerprint density at radius 2 is 1.96 bits per heavy atom. The maximum atomic E-state index is 12.9. The third-order valence-electron chi connectivity index (χ3n) is 4.88. The summed E-state index contributed by atoms with van der Waals surface area (Å²) in [6.45, 7) is 0.876. The Hall–Kier alpha value is -2.08. The summed E-state index contributed by atoms with van der Waals surface area (Å²) in [5, 5.41) is 0.491. The molecule has 2 saturated heterocycles. The summed E-state index contributed by atoms with van der Waals surface area (Å²) in [5.74, 6) is -0.709. The highest BCUT2D eigenvalue weighted by molar-refractivity contribution is 6.33. The predicted molar refractivity (Wildman–Crippen MR) is 95.3 cm³/mol. The first kappa shape index (κ1) is 17.7. The molecule has 0 saturated carbocycles. The summed E-state index contributed by atoms with van der Waals surface area (Å²) in [5.41, 5.74) is 0.631. The normalized spacial score (nSPS) is 23.2. The molecular formula is C18H22ClN3O3. The number of anilines is 1. The molecule has 2 aliphatic heterocycles. The summed E-state index contributed by atoms with van der Waals surface area (Å²) in [7, 11) is 3.39. The van der Waals surface area contributed by atoms with Crippen LogP contribution in [0.15, 0.2) is 24.3 Å². The third-order valence-corrected chi connectivity index (χ3v) is 5.20. The molecule has 2 atom stereocenters. The molecule has 2 unspecified atom stereocenters. The molecule has 2 heterocycles. The maximum absolute atomic E-state index is 12.9. The second kappa shape index (κ2) is 7.04. The number of likely N-dealkylation sites (tertiary alicyclic amines) is 1. The largest absolute Gasteiger partial charge is 0.347 e. The smallest absolute Gasteiger partial charge is 0.244 e. The number of para-hydroxylation sites is 1. The van der Waals surface area contributed by atoms with E-state index in [0.29, 0.717) is 30.2 Å². The van der Waals surface area contributed by atoms with E-state index >= 15 is 0 Å². The molecule has 1 aromatic rings. The quantitative estimate of drug-likeness (QED) is 0.822. The first-order valence-electron chi connectivity index (χ1n) is 8.46. The highest BCUT2D eigenvalue weighted by atomic mass is 35.5. The van der Waals surface area contributed by atoms with Crippen molar-refractivity contribution < 1.29 is 14.4 Å². The number of rotatable bonds is 3. The van der Waals surface area contributed by atoms with E-state index < -0.39 is 12.0 Å². The van der Waals surface area contributed by atoms with Crippen molar-refractivity contribution in [3.8, 4) is 0 Å². The van der Waals surface area contributed by atoms with E-state index in [1.54, 1.807) is 42.1 Å². The minimum atomic E-state index is -0.431. The van der Waals surface area contributed by atoms with Gasteiger partial charge in [-0.05, 0) is 25.0 Å². The van der Waals surface area contributed by atoms with E-state index in [-0.39, 0.29) is 24.1 Å². The summed E-state index contributed by atoms with van der Waals surface area (Å²) in [6, 6.07) is 6.71. The third kappa shape index (κ3) is 3.35. The van der Waals surface area contributed by atoms with Gasteiger partial charge in [0.25, 0.3) is 0 Å². The lowest BCUT2D eigenvalue weighted by atomic mass is 10.1. The van der Waals surface area contributed by atoms with Crippen molar-refractivity contribution >= 4 is 35.0 Å². The molecule has 6 nitrogen and oxygen atoms in total. The molecule has 1 aromatic carbocycles. The van der Waals surface area contributed by atoms with Crippen molar-refractivity contribution in [2.75, 3.05) is 32.1 Å². The summed E-state index contributed by atoms with van der Waals surface area (Å²) < 4.78 is 0. The fourth-order valence-electron chi connectivity index (χ4n) is 3.60. The van der Waals surface area contributed by atoms with Crippen LogP contribution in [-0.2, 0) is 14.4 Å². The number of amides is 3. The van der Waals surface area contributed by atoms with Crippen LogP contribution in [0.25, 0.3) is 0 Å². The number of nitrogens with zero attached hydrogens (tertiary/aromatic N) is 3. The zero-order valence-electron chi connectivity index (χ0n) is 14.4. The van der Waals surface area contributed by atoms with Gasteiger partial charge in [-0.1, -0.05) is 23.7 Å². The van der Waals surface area contributed by atoms with Crippen molar-refractivity contribution in [3.63, 3.8) is 0 Å². The lowest BCUT2D eigenvalue weighted by molar-refractivity contribution is -0.144. The van der Waals surface area contributed by atoms with E-state index in [2.05, 4.69) is 0 Å². The van der Waals surface area contributed by atoms with E-state index in [1.807, 2.05) is 6.07 Å². The van der Waals surface area contributed by atoms with Gasteiger partial charge in [-0.2, -0.15) is 0 Å². The Balaban J connectivity index is 1.75. The molecule has 0 bridgehead atoms. The Labute approximate surface area is 152 Å². The summed E-state index contributed by atoms with van der Waals surface area (Å²) >= 11 is 6.18. The van der Waals surface area contributed by atoms with E-state index in [0.717, 1.165) is 6.42 Å². The van der Waals surface area contributed by atoms with E-state index in [9.17, 15) is 14.4 Å². The molecule has 7 heteroatoms. The van der Waals surface area contributed by atoms with Crippen molar-refractivity contribution in [1.29, 1.82) is 0 Å². The zero-order chi connectivity index (χ0) is 18.1. The average Bonchev–Trinajstić information content (AvgIpc) is 3.21. The van der Waals surface area contributed by atoms with Gasteiger partial charge in [0.2, 0.25) is 17.7 Å². The summed E-state index contributed by atoms with van der Waals surface area (Å²) in [4.78, 5) is 42.4. The molecule has 25 heavy (non-hydrogen) atoms. The van der Waals surface area contributed by atoms with Crippen LogP contribution in [0.5, 0.6) is 0 Å². The molecule has 0 aromatic heterocycles. The van der Waals surface area contributed by atoms with Gasteiger partial charge in [0, 0.05) is 33.6 Å². The number of benzene rings is 1. The number of halogens is 1. The van der Waals surface area contributed by atoms with Crippen LogP contribution in [0, 0.1) is 5.92 Å². The Bertz CT molecular complexity index is 707. The number of carbonyl (C=O) groups is 3. The summed E-state index contributed by atoms with van der Waals surface area (Å²) in [6.07, 6.45) is 1.64. The zero-order valence-corrected chi connectivity index (χ0v) is 15.2. The first-order valence-corrected chi connectivity index (χ1v) is 8.84. The minimum absolute atomic E-state index is 0.0573. The fourth-order valence-corrected chi connectivity index (χ4v) is 3.83. The average molecular weight is 364 g/mol. The van der Waals surface area contributed by atoms with Gasteiger partial charge in [-0.25, -0.2) is 0 Å². The van der Waals surface area contributed by atoms with E-state index in [4.69, 9.17) is 11.6 Å². The minimum Gasteiger partial charge on any atom is -0.347 e. The van der Waals surface area contributed by atoms with Crippen LogP contribution < -0.4 is 4.90 Å². The Morgan fingerprint density at radius 1 is 1.24 bits per heavy atom. The second-order valence-corrected chi connectivity index (χ2v) is 7.19. The standard InChI is InChI=1S/C18H22ClN3O3/c1-20(2)18(25)15-8-5-9-21(15)17(24)12-10-16(23)22(11-12)14-7-4-3-6-13(14)19/h3-4,6-7,12,15H,5,8-11H2,1-2H3. The van der Waals surface area contributed by atoms with Crippen LogP contribution in [0.4, 0.5) is 5.69 Å². The van der Waals surface area contributed by atoms with Gasteiger partial charge in [0.1, 0.15) is 6.04 Å². The molecule has 0 radical (unpaired) electrons. The number of hydrogen-bond donors (Lipinski definition) is 0. The van der Waals surface area contributed by atoms with Crippen molar-refractivity contribution in [2.24, 2.45) is 5.92 Å². The van der Waals surface area contributed by atoms with Gasteiger partial charge in [0.05, 0.1) is 16.6 Å². The van der Waals surface area contributed by atoms with Gasteiger partial charge >= 0.3 is 0 Å². The molecule has 3 rings (SSSR count). The van der Waals surface area contributed by atoms with Crippen LogP contribution >= 0.6 is 11.6 Å². The highest BCUT2D eigenvalue weighted by Crippen LogP contribution is 2.32. The van der Waals surface area contributed by atoms with Crippen LogP contribution in [0.2, 0.25) is 5.02 Å². The first-order chi connectivity index (χ1) is 11.9. The van der Waals surface area contributed by atoms with Gasteiger partial charge in [-0.3, -0.25) is 14.4 Å². The molecule has 0 aliphatic carbocycles. The van der Waals surface area contributed by atoms with E-state index in [1.165, 1.54) is 4.90 Å². The molecule has 2 fully saturated rings. The lowest BCUT2D eigenvalue weighted by Crippen LogP contribution is -2.47. The molecular weight excluding hydrogens is 342 g/mol. The Morgan fingerprint density at radius 3 is 2.64 bits per heavy atom. The number of hydrogen-bond acceptors (Lipinski definition) is 3. The van der Waals surface area contributed by atoms with Gasteiger partial charge in [-0.15, -0.1) is 0 Å². The SMILES string of the molecule is CN(C)C(=O)C1CCCN1C(=O)C1CC(=O)N(c2ccccc2Cl)C1. The van der Waals surface area contributed by atoms with Crippen LogP contribution in [0.1, 0.15) is 19.3 Å². The highest BCUT2D eigenvalue weighted by Gasteiger charge is 2.42. The maximum Gasteiger partial charge on any atom is 0.244 e. The molecule has 134 valence electrons. The van der Waals surface area contributed by atoms with Crippen molar-refractivity contribution in [3.05, 3.63) is 29.3 Å². The predicted octanol–water partition coefficient (Wildman–Crippen LogP) is 1.77. The Kier molecular flexibility index (Phi) is 4.99. The number of likely N-dealkylation sites (N-methyl/N-ethyl adjacent to an activating group) is 1. The van der Waals surface area contributed by atoms with Crippen molar-refractivity contribution in [1.82, 2.24) is 9.80 Å². The monoisotopic (exact) mass is 363 g/mol. The van der Waals surface area contributed by atoms with Gasteiger partial charge < -0.3 is 14.7 Å². The molecule has 0 spiro atoms. The lowest BCUT2D eigenvalue weighted by Gasteiger charge is -2.28. The molecule has 2 aliphatic rings.